The molecule has 5 atom stereocenters. The second kappa shape index (κ2) is 15.6. The van der Waals surface area contributed by atoms with Gasteiger partial charge < -0.3 is 25.0 Å². The van der Waals surface area contributed by atoms with E-state index in [2.05, 4.69) is 31.6 Å². The number of benzene rings is 2. The Balaban J connectivity index is 1.31. The number of methoxy groups -OCH3 is 1. The zero-order valence-electron chi connectivity index (χ0n) is 33.6. The molecule has 1 saturated heterocycles. The lowest BCUT2D eigenvalue weighted by atomic mass is 9.85. The number of sulfonamides is 2. The number of pyridine rings is 1. The number of halogens is 1. The fourth-order valence-corrected chi connectivity index (χ4v) is 10.1. The normalized spacial score (nSPS) is 22.8. The molecule has 58 heavy (non-hydrogen) atoms. The standard InChI is InChI=1S/C40H51ClN6O9S2/c1-9-23-20-40(23,37(50)45-57(51,52)27-15-16-27)44-34(48)31-19-26(56-35-30-18-24(41)10-17-29(30)32(55-8)21-42-35)22-47(31)36(49)33(38(2,3)4)43-25-11-13-28(14-12-25)58(53,54)46-39(5,6)7/h9-14,17-18,21,23,26-27,31,33,43,46H,1,15-16,19-20,22H2,2-8H3,(H,44,48)(H,45,50)/t23-,26-,31+,33-,40-/m1/s1. The van der Waals surface area contributed by atoms with Gasteiger partial charge in [-0.15, -0.1) is 6.58 Å². The Morgan fingerprint density at radius 3 is 2.26 bits per heavy atom. The fraction of sp³-hybridized carbons (Fsp3) is 0.500. The molecule has 2 aromatic carbocycles. The van der Waals surface area contributed by atoms with E-state index in [0.29, 0.717) is 40.1 Å². The molecule has 314 valence electrons. The summed E-state index contributed by atoms with van der Waals surface area (Å²) < 4.78 is 68.2. The maximum atomic E-state index is 14.8. The summed E-state index contributed by atoms with van der Waals surface area (Å²) in [6.07, 6.45) is 3.24. The summed E-state index contributed by atoms with van der Waals surface area (Å²) >= 11 is 6.36. The molecule has 0 unspecified atom stereocenters. The lowest BCUT2D eigenvalue weighted by Crippen LogP contribution is -2.58. The van der Waals surface area contributed by atoms with Crippen molar-refractivity contribution in [3.8, 4) is 11.6 Å². The van der Waals surface area contributed by atoms with Gasteiger partial charge in [0.1, 0.15) is 29.5 Å². The summed E-state index contributed by atoms with van der Waals surface area (Å²) in [7, 11) is -6.23. The second-order valence-electron chi connectivity index (χ2n) is 17.3. The van der Waals surface area contributed by atoms with Crippen molar-refractivity contribution in [1.29, 1.82) is 0 Å². The van der Waals surface area contributed by atoms with E-state index in [1.165, 1.54) is 36.4 Å². The number of carbonyl (C=O) groups is 3. The molecule has 2 saturated carbocycles. The first-order valence-corrected chi connectivity index (χ1v) is 22.4. The van der Waals surface area contributed by atoms with Gasteiger partial charge in [-0.3, -0.25) is 19.1 Å². The van der Waals surface area contributed by atoms with Gasteiger partial charge in [-0.2, -0.15) is 0 Å². The molecular formula is C40H51ClN6O9S2. The van der Waals surface area contributed by atoms with Gasteiger partial charge in [0, 0.05) is 39.4 Å². The van der Waals surface area contributed by atoms with E-state index in [-0.39, 0.29) is 30.2 Å². The number of anilines is 1. The minimum atomic E-state index is -3.93. The first-order valence-electron chi connectivity index (χ1n) is 19.0. The van der Waals surface area contributed by atoms with Crippen LogP contribution in [0.4, 0.5) is 5.69 Å². The number of nitrogens with one attached hydrogen (secondary N) is 4. The van der Waals surface area contributed by atoms with Crippen molar-refractivity contribution in [2.24, 2.45) is 11.3 Å². The number of amides is 3. The Labute approximate surface area is 344 Å². The maximum Gasteiger partial charge on any atom is 0.259 e. The van der Waals surface area contributed by atoms with Crippen LogP contribution >= 0.6 is 11.6 Å². The van der Waals surface area contributed by atoms with Gasteiger partial charge in [-0.1, -0.05) is 38.4 Å². The average Bonchev–Trinajstić information content (AvgIpc) is 4.06. The minimum absolute atomic E-state index is 0.00559. The summed E-state index contributed by atoms with van der Waals surface area (Å²) in [5.41, 5.74) is -2.57. The molecule has 2 heterocycles. The van der Waals surface area contributed by atoms with Crippen LogP contribution in [-0.2, 0) is 34.4 Å². The van der Waals surface area contributed by atoms with E-state index in [4.69, 9.17) is 21.1 Å². The van der Waals surface area contributed by atoms with Crippen molar-refractivity contribution >= 4 is 65.8 Å². The highest BCUT2D eigenvalue weighted by atomic mass is 35.5. The molecule has 3 amide bonds. The van der Waals surface area contributed by atoms with Crippen LogP contribution in [0.5, 0.6) is 11.6 Å². The summed E-state index contributed by atoms with van der Waals surface area (Å²) in [6, 6.07) is 9.06. The smallest absolute Gasteiger partial charge is 0.259 e. The van der Waals surface area contributed by atoms with Crippen LogP contribution in [-0.4, -0.2) is 92.6 Å². The van der Waals surface area contributed by atoms with Crippen molar-refractivity contribution in [3.05, 3.63) is 66.3 Å². The summed E-state index contributed by atoms with van der Waals surface area (Å²) in [5, 5.41) is 7.07. The highest BCUT2D eigenvalue weighted by molar-refractivity contribution is 7.91. The monoisotopic (exact) mass is 858 g/mol. The van der Waals surface area contributed by atoms with Gasteiger partial charge in [0.15, 0.2) is 0 Å². The Morgan fingerprint density at radius 1 is 1.02 bits per heavy atom. The van der Waals surface area contributed by atoms with Gasteiger partial charge >= 0.3 is 0 Å². The van der Waals surface area contributed by atoms with Crippen molar-refractivity contribution in [3.63, 3.8) is 0 Å². The van der Waals surface area contributed by atoms with Gasteiger partial charge in [0.2, 0.25) is 37.7 Å². The predicted molar refractivity (Wildman–Crippen MR) is 220 cm³/mol. The number of fused-ring (bicyclic) bond motifs is 1. The number of hydrogen-bond acceptors (Lipinski definition) is 11. The van der Waals surface area contributed by atoms with Crippen molar-refractivity contribution < 1.29 is 40.7 Å². The third kappa shape index (κ3) is 9.22. The Bertz CT molecular complexity index is 2340. The number of hydrogen-bond donors (Lipinski definition) is 4. The number of likely N-dealkylation sites (tertiary alicyclic amines) is 1. The first-order chi connectivity index (χ1) is 27.0. The van der Waals surface area contributed by atoms with Crippen LogP contribution in [0, 0.1) is 11.3 Å². The van der Waals surface area contributed by atoms with Gasteiger partial charge in [0.05, 0.1) is 30.0 Å². The zero-order valence-corrected chi connectivity index (χ0v) is 36.0. The van der Waals surface area contributed by atoms with Gasteiger partial charge in [0.25, 0.3) is 5.91 Å². The summed E-state index contributed by atoms with van der Waals surface area (Å²) in [5.74, 6) is -1.85. The van der Waals surface area contributed by atoms with Crippen LogP contribution in [0.15, 0.2) is 66.2 Å². The number of aromatic nitrogens is 1. The molecule has 2 aliphatic carbocycles. The Morgan fingerprint density at radius 2 is 1.69 bits per heavy atom. The molecule has 0 radical (unpaired) electrons. The molecular weight excluding hydrogens is 808 g/mol. The third-order valence-electron chi connectivity index (χ3n) is 10.4. The Kier molecular flexibility index (Phi) is 11.6. The van der Waals surface area contributed by atoms with Crippen LogP contribution in [0.1, 0.15) is 67.2 Å². The molecule has 6 rings (SSSR count). The molecule has 18 heteroatoms. The van der Waals surface area contributed by atoms with Gasteiger partial charge in [-0.25, -0.2) is 26.5 Å². The van der Waals surface area contributed by atoms with E-state index in [9.17, 15) is 31.2 Å². The molecule has 3 aliphatic rings. The number of carbonyl (C=O) groups excluding carboxylic acids is 3. The minimum Gasteiger partial charge on any atom is -0.494 e. The summed E-state index contributed by atoms with van der Waals surface area (Å²) in [6.45, 7) is 14.5. The molecule has 15 nitrogen and oxygen atoms in total. The average molecular weight is 859 g/mol. The molecule has 1 aromatic heterocycles. The van der Waals surface area contributed by atoms with Crippen LogP contribution in [0.3, 0.4) is 0 Å². The highest BCUT2D eigenvalue weighted by Gasteiger charge is 2.62. The highest BCUT2D eigenvalue weighted by Crippen LogP contribution is 2.46. The molecule has 3 fully saturated rings. The zero-order chi connectivity index (χ0) is 42.6. The van der Waals surface area contributed by atoms with Crippen LogP contribution < -0.4 is 29.6 Å². The van der Waals surface area contributed by atoms with E-state index in [1.54, 1.807) is 51.1 Å². The van der Waals surface area contributed by atoms with E-state index in [0.717, 1.165) is 0 Å². The molecule has 0 bridgehead atoms. The fourth-order valence-electron chi connectivity index (χ4n) is 7.15. The van der Waals surface area contributed by atoms with Crippen LogP contribution in [0.25, 0.3) is 10.8 Å². The van der Waals surface area contributed by atoms with E-state index < -0.39 is 83.6 Å². The molecule has 4 N–H and O–H groups in total. The van der Waals surface area contributed by atoms with Crippen molar-refractivity contribution in [2.75, 3.05) is 19.0 Å². The van der Waals surface area contributed by atoms with Gasteiger partial charge in [-0.05, 0) is 87.9 Å². The second-order valence-corrected chi connectivity index (χ2v) is 21.4. The lowest BCUT2D eigenvalue weighted by Gasteiger charge is -2.36. The topological polar surface area (TPSA) is 202 Å². The number of rotatable bonds is 14. The molecule has 3 aromatic rings. The molecule has 1 aliphatic heterocycles. The SMILES string of the molecule is C=C[C@@H]1C[C@]1(NC(=O)[C@@H]1C[C@@H](Oc2ncc(OC)c3ccc(Cl)cc23)CN1C(=O)[C@@H](Nc1ccc(S(=O)(=O)NC(C)(C)C)cc1)C(C)(C)C)C(=O)NS(=O)(=O)C1CC1. The first kappa shape index (κ1) is 43.1. The third-order valence-corrected chi connectivity index (χ3v) is 14.2. The largest absolute Gasteiger partial charge is 0.494 e. The quantitative estimate of drug-likeness (QED) is 0.166. The maximum absolute atomic E-state index is 14.8. The van der Waals surface area contributed by atoms with E-state index >= 15 is 0 Å². The van der Waals surface area contributed by atoms with Crippen molar-refractivity contribution in [2.45, 2.75) is 107 Å². The lowest BCUT2D eigenvalue weighted by molar-refractivity contribution is -0.141. The van der Waals surface area contributed by atoms with Crippen LogP contribution in [0.2, 0.25) is 5.02 Å². The molecule has 0 spiro atoms. The number of nitrogens with zero attached hydrogens (tertiary/aromatic N) is 2. The summed E-state index contributed by atoms with van der Waals surface area (Å²) in [4.78, 5) is 48.8. The number of ether oxygens (including phenoxy) is 2. The van der Waals surface area contributed by atoms with Crippen molar-refractivity contribution in [1.82, 2.24) is 24.6 Å². The predicted octanol–water partition coefficient (Wildman–Crippen LogP) is 4.52. The van der Waals surface area contributed by atoms with E-state index in [1.807, 2.05) is 20.8 Å². The Hall–Kier alpha value is -4.45.